The summed E-state index contributed by atoms with van der Waals surface area (Å²) in [5.74, 6) is -1.12. The van der Waals surface area contributed by atoms with Crippen molar-refractivity contribution in [3.63, 3.8) is 0 Å². The molecule has 4 N–H and O–H groups in total. The van der Waals surface area contributed by atoms with Crippen LogP contribution in [0, 0.1) is 5.92 Å². The van der Waals surface area contributed by atoms with Crippen molar-refractivity contribution >= 4 is 21.7 Å². The van der Waals surface area contributed by atoms with Gasteiger partial charge < -0.3 is 15.6 Å². The Morgan fingerprint density at radius 3 is 2.67 bits per heavy atom. The van der Waals surface area contributed by atoms with Gasteiger partial charge in [0.1, 0.15) is 0 Å². The molecule has 2 rings (SSSR count). The predicted molar refractivity (Wildman–Crippen MR) is 76.5 cm³/mol. The first-order valence-corrected chi connectivity index (χ1v) is 8.08. The maximum Gasteiger partial charge on any atom is 0.337 e. The van der Waals surface area contributed by atoms with E-state index in [9.17, 15) is 13.2 Å². The molecule has 0 saturated carbocycles. The number of carboxylic acid groups (broad SMARTS) is 1. The van der Waals surface area contributed by atoms with Gasteiger partial charge in [-0.05, 0) is 37.0 Å². The average Bonchev–Trinajstić information content (AvgIpc) is 2.46. The van der Waals surface area contributed by atoms with Gasteiger partial charge >= 0.3 is 5.97 Å². The molecule has 0 bridgehead atoms. The van der Waals surface area contributed by atoms with Crippen LogP contribution in [0.2, 0.25) is 0 Å². The molecular formula is C13H18N2O5S. The van der Waals surface area contributed by atoms with Crippen molar-refractivity contribution in [2.45, 2.75) is 17.7 Å². The zero-order valence-corrected chi connectivity index (χ0v) is 12.2. The number of sulfonamides is 1. The number of benzene rings is 1. The summed E-state index contributed by atoms with van der Waals surface area (Å²) < 4.78 is 32.2. The van der Waals surface area contributed by atoms with E-state index in [1.54, 1.807) is 0 Å². The van der Waals surface area contributed by atoms with Crippen molar-refractivity contribution < 1.29 is 23.1 Å². The predicted octanol–water partition coefficient (Wildman–Crippen LogP) is 0.672. The monoisotopic (exact) mass is 314 g/mol. The molecule has 0 radical (unpaired) electrons. The lowest BCUT2D eigenvalue weighted by Gasteiger charge is -2.22. The van der Waals surface area contributed by atoms with Crippen LogP contribution >= 0.6 is 0 Å². The van der Waals surface area contributed by atoms with Gasteiger partial charge in [0.05, 0.1) is 10.5 Å². The molecule has 1 saturated heterocycles. The highest BCUT2D eigenvalue weighted by molar-refractivity contribution is 7.89. The van der Waals surface area contributed by atoms with Gasteiger partial charge in [0.25, 0.3) is 0 Å². The molecule has 116 valence electrons. The number of rotatable bonds is 5. The van der Waals surface area contributed by atoms with Gasteiger partial charge in [0, 0.05) is 25.4 Å². The first-order chi connectivity index (χ1) is 9.90. The highest BCUT2D eigenvalue weighted by atomic mass is 32.2. The Labute approximate surface area is 123 Å². The van der Waals surface area contributed by atoms with Crippen molar-refractivity contribution in [1.82, 2.24) is 4.72 Å². The van der Waals surface area contributed by atoms with E-state index in [2.05, 4.69) is 4.72 Å². The zero-order valence-electron chi connectivity index (χ0n) is 11.4. The van der Waals surface area contributed by atoms with Crippen LogP contribution in [-0.2, 0) is 14.8 Å². The molecule has 21 heavy (non-hydrogen) atoms. The molecule has 1 heterocycles. The molecule has 7 nitrogen and oxygen atoms in total. The minimum absolute atomic E-state index is 0.204. The lowest BCUT2D eigenvalue weighted by atomic mass is 10.0. The Morgan fingerprint density at radius 1 is 1.38 bits per heavy atom. The maximum atomic E-state index is 12.3. The van der Waals surface area contributed by atoms with Gasteiger partial charge in [-0.25, -0.2) is 17.9 Å². The molecule has 0 amide bonds. The summed E-state index contributed by atoms with van der Waals surface area (Å²) in [4.78, 5) is 10.9. The van der Waals surface area contributed by atoms with Crippen LogP contribution in [0.4, 0.5) is 5.69 Å². The lowest BCUT2D eigenvalue weighted by molar-refractivity contribution is 0.0678. The van der Waals surface area contributed by atoms with Gasteiger partial charge in [0.15, 0.2) is 0 Å². The fourth-order valence-electron chi connectivity index (χ4n) is 2.20. The van der Waals surface area contributed by atoms with Gasteiger partial charge in [-0.3, -0.25) is 0 Å². The van der Waals surface area contributed by atoms with Crippen molar-refractivity contribution in [2.24, 2.45) is 5.92 Å². The number of ether oxygens (including phenoxy) is 1. The SMILES string of the molecule is Nc1ccc(S(=O)(=O)NCC2CCOCC2)c(C(=O)O)c1. The molecule has 0 unspecified atom stereocenters. The summed E-state index contributed by atoms with van der Waals surface area (Å²) in [6.07, 6.45) is 1.58. The second-order valence-corrected chi connectivity index (χ2v) is 6.70. The van der Waals surface area contributed by atoms with Crippen LogP contribution in [0.5, 0.6) is 0 Å². The van der Waals surface area contributed by atoms with Crippen molar-refractivity contribution in [2.75, 3.05) is 25.5 Å². The van der Waals surface area contributed by atoms with Crippen LogP contribution in [0.3, 0.4) is 0 Å². The molecule has 8 heteroatoms. The minimum atomic E-state index is -3.88. The Hall–Kier alpha value is -1.64. The third kappa shape index (κ3) is 3.93. The second-order valence-electron chi connectivity index (χ2n) is 4.97. The van der Waals surface area contributed by atoms with Crippen LogP contribution in [0.25, 0.3) is 0 Å². The molecule has 0 atom stereocenters. The Morgan fingerprint density at radius 2 is 2.05 bits per heavy atom. The molecular weight excluding hydrogens is 296 g/mol. The van der Waals surface area contributed by atoms with E-state index in [1.165, 1.54) is 12.1 Å². The maximum absolute atomic E-state index is 12.3. The third-order valence-electron chi connectivity index (χ3n) is 3.43. The van der Waals surface area contributed by atoms with E-state index in [0.29, 0.717) is 13.2 Å². The van der Waals surface area contributed by atoms with E-state index in [0.717, 1.165) is 18.9 Å². The van der Waals surface area contributed by atoms with Gasteiger partial charge in [0.2, 0.25) is 10.0 Å². The summed E-state index contributed by atoms with van der Waals surface area (Å²) in [5.41, 5.74) is 5.39. The first-order valence-electron chi connectivity index (χ1n) is 6.60. The molecule has 0 spiro atoms. The van der Waals surface area contributed by atoms with E-state index in [4.69, 9.17) is 15.6 Å². The number of hydrogen-bond donors (Lipinski definition) is 3. The fourth-order valence-corrected chi connectivity index (χ4v) is 3.50. The van der Waals surface area contributed by atoms with Crippen LogP contribution in [0.1, 0.15) is 23.2 Å². The van der Waals surface area contributed by atoms with E-state index in [1.807, 2.05) is 0 Å². The van der Waals surface area contributed by atoms with Crippen molar-refractivity contribution in [1.29, 1.82) is 0 Å². The Bertz CT molecular complexity index is 623. The summed E-state index contributed by atoms with van der Waals surface area (Å²) >= 11 is 0. The number of hydrogen-bond acceptors (Lipinski definition) is 5. The molecule has 1 aliphatic rings. The topological polar surface area (TPSA) is 119 Å². The zero-order chi connectivity index (χ0) is 15.5. The number of nitrogens with one attached hydrogen (secondary N) is 1. The smallest absolute Gasteiger partial charge is 0.337 e. The van der Waals surface area contributed by atoms with Crippen LogP contribution < -0.4 is 10.5 Å². The van der Waals surface area contributed by atoms with Crippen molar-refractivity contribution in [3.8, 4) is 0 Å². The molecule has 1 fully saturated rings. The second kappa shape index (κ2) is 6.42. The highest BCUT2D eigenvalue weighted by Crippen LogP contribution is 2.20. The Kier molecular flexibility index (Phi) is 4.81. The number of aromatic carboxylic acids is 1. The summed E-state index contributed by atoms with van der Waals surface area (Å²) in [5, 5.41) is 9.11. The van der Waals surface area contributed by atoms with Crippen LogP contribution in [-0.4, -0.2) is 39.3 Å². The molecule has 0 aromatic heterocycles. The number of anilines is 1. The molecule has 1 aromatic carbocycles. The van der Waals surface area contributed by atoms with E-state index in [-0.39, 0.29) is 28.6 Å². The fraction of sp³-hybridized carbons (Fsp3) is 0.462. The standard InChI is InChI=1S/C13H18N2O5S/c14-10-1-2-12(11(7-10)13(16)17)21(18,19)15-8-9-3-5-20-6-4-9/h1-2,7,9,15H,3-6,8,14H2,(H,16,17). The van der Waals surface area contributed by atoms with Gasteiger partial charge in [-0.1, -0.05) is 0 Å². The summed E-state index contributed by atoms with van der Waals surface area (Å²) in [6.45, 7) is 1.51. The average molecular weight is 314 g/mol. The highest BCUT2D eigenvalue weighted by Gasteiger charge is 2.24. The van der Waals surface area contributed by atoms with Gasteiger partial charge in [-0.2, -0.15) is 0 Å². The first kappa shape index (κ1) is 15.7. The number of carbonyl (C=O) groups is 1. The minimum Gasteiger partial charge on any atom is -0.478 e. The van der Waals surface area contributed by atoms with E-state index >= 15 is 0 Å². The summed E-state index contributed by atoms with van der Waals surface area (Å²) in [6, 6.07) is 3.73. The number of nitrogens with two attached hydrogens (primary N) is 1. The molecule has 1 aliphatic heterocycles. The van der Waals surface area contributed by atoms with E-state index < -0.39 is 16.0 Å². The quantitative estimate of drug-likeness (QED) is 0.687. The lowest BCUT2D eigenvalue weighted by Crippen LogP contribution is -2.33. The normalized spacial score (nSPS) is 16.8. The molecule has 1 aromatic rings. The third-order valence-corrected chi connectivity index (χ3v) is 4.91. The van der Waals surface area contributed by atoms with Crippen LogP contribution in [0.15, 0.2) is 23.1 Å². The number of carboxylic acids is 1. The van der Waals surface area contributed by atoms with Gasteiger partial charge in [-0.15, -0.1) is 0 Å². The van der Waals surface area contributed by atoms with Crippen molar-refractivity contribution in [3.05, 3.63) is 23.8 Å². The molecule has 0 aliphatic carbocycles. The number of nitrogen functional groups attached to an aromatic ring is 1. The largest absolute Gasteiger partial charge is 0.478 e. The summed E-state index contributed by atoms with van der Waals surface area (Å²) in [7, 11) is -3.88. The Balaban J connectivity index is 2.17.